The highest BCUT2D eigenvalue weighted by atomic mass is 79.9. The Hall–Kier alpha value is -1.13. The zero-order valence-electron chi connectivity index (χ0n) is 13.1. The fraction of sp³-hybridized carbons (Fsp3) is 0.389. The molecule has 1 aromatic carbocycles. The van der Waals surface area contributed by atoms with Crippen molar-refractivity contribution in [1.82, 2.24) is 0 Å². The summed E-state index contributed by atoms with van der Waals surface area (Å²) in [5, 5.41) is 2.04. The lowest BCUT2D eigenvalue weighted by Gasteiger charge is -2.24. The Balaban J connectivity index is 2.13. The molecule has 118 valence electrons. The summed E-state index contributed by atoms with van der Waals surface area (Å²) in [5.41, 5.74) is 0.695. The first-order valence-corrected chi connectivity index (χ1v) is 9.00. The first kappa shape index (κ1) is 17.2. The number of hydrogen-bond acceptors (Lipinski definition) is 3. The maximum Gasteiger partial charge on any atom is 0.310 e. The van der Waals surface area contributed by atoms with Gasteiger partial charge >= 0.3 is 5.97 Å². The van der Waals surface area contributed by atoms with Gasteiger partial charge in [-0.05, 0) is 62.8 Å². The molecule has 1 heterocycles. The van der Waals surface area contributed by atoms with Crippen molar-refractivity contribution in [1.29, 1.82) is 0 Å². The van der Waals surface area contributed by atoms with E-state index in [9.17, 15) is 4.79 Å². The second-order valence-electron chi connectivity index (χ2n) is 6.34. The maximum atomic E-state index is 12.5. The summed E-state index contributed by atoms with van der Waals surface area (Å²) in [7, 11) is 0. The van der Waals surface area contributed by atoms with Crippen molar-refractivity contribution >= 4 is 33.2 Å². The van der Waals surface area contributed by atoms with E-state index < -0.39 is 5.60 Å². The number of carbonyl (C=O) groups excluding carboxylic acids is 1. The molecule has 22 heavy (non-hydrogen) atoms. The van der Waals surface area contributed by atoms with Crippen molar-refractivity contribution in [3.05, 3.63) is 56.7 Å². The average molecular weight is 381 g/mol. The van der Waals surface area contributed by atoms with E-state index in [2.05, 4.69) is 34.1 Å². The van der Waals surface area contributed by atoms with Crippen molar-refractivity contribution < 1.29 is 9.53 Å². The Morgan fingerprint density at radius 3 is 2.41 bits per heavy atom. The quantitative estimate of drug-likeness (QED) is 0.661. The molecule has 0 spiro atoms. The fourth-order valence-corrected chi connectivity index (χ4v) is 3.25. The molecule has 0 aliphatic carbocycles. The van der Waals surface area contributed by atoms with Gasteiger partial charge in [-0.15, -0.1) is 11.3 Å². The zero-order chi connectivity index (χ0) is 16.2. The molecule has 0 bridgehead atoms. The van der Waals surface area contributed by atoms with Crippen LogP contribution < -0.4 is 0 Å². The van der Waals surface area contributed by atoms with Gasteiger partial charge in [-0.1, -0.05) is 34.1 Å². The summed E-state index contributed by atoms with van der Waals surface area (Å²) in [6, 6.07) is 12.2. The van der Waals surface area contributed by atoms with E-state index >= 15 is 0 Å². The summed E-state index contributed by atoms with van der Waals surface area (Å²) in [6.07, 6.45) is 1.42. The largest absolute Gasteiger partial charge is 0.460 e. The number of carbonyl (C=O) groups is 1. The minimum atomic E-state index is -0.454. The van der Waals surface area contributed by atoms with E-state index in [1.165, 1.54) is 4.88 Å². The predicted molar refractivity (Wildman–Crippen MR) is 95.2 cm³/mol. The summed E-state index contributed by atoms with van der Waals surface area (Å²) in [6.45, 7) is 5.73. The van der Waals surface area contributed by atoms with Crippen molar-refractivity contribution in [2.24, 2.45) is 5.92 Å². The third-order valence-electron chi connectivity index (χ3n) is 3.16. The lowest BCUT2D eigenvalue weighted by atomic mass is 9.95. The van der Waals surface area contributed by atoms with Gasteiger partial charge in [-0.25, -0.2) is 0 Å². The molecule has 1 aromatic heterocycles. The molecule has 0 radical (unpaired) electrons. The Morgan fingerprint density at radius 2 is 1.86 bits per heavy atom. The van der Waals surface area contributed by atoms with Crippen molar-refractivity contribution in [3.8, 4) is 0 Å². The highest BCUT2D eigenvalue weighted by Crippen LogP contribution is 2.22. The molecule has 0 aliphatic rings. The van der Waals surface area contributed by atoms with Crippen LogP contribution in [0.3, 0.4) is 0 Å². The van der Waals surface area contributed by atoms with Crippen LogP contribution in [-0.4, -0.2) is 11.6 Å². The van der Waals surface area contributed by atoms with Crippen LogP contribution in [0.1, 0.15) is 31.2 Å². The summed E-state index contributed by atoms with van der Waals surface area (Å²) >= 11 is 5.12. The molecule has 2 aromatic rings. The fourth-order valence-electron chi connectivity index (χ4n) is 2.20. The van der Waals surface area contributed by atoms with Gasteiger partial charge in [-0.2, -0.15) is 0 Å². The minimum absolute atomic E-state index is 0.121. The topological polar surface area (TPSA) is 26.3 Å². The molecule has 2 nitrogen and oxygen atoms in total. The Bertz CT molecular complexity index is 597. The van der Waals surface area contributed by atoms with E-state index in [0.29, 0.717) is 6.42 Å². The summed E-state index contributed by atoms with van der Waals surface area (Å²) < 4.78 is 6.65. The van der Waals surface area contributed by atoms with Crippen LogP contribution in [0, 0.1) is 5.92 Å². The number of thiophene rings is 1. The van der Waals surface area contributed by atoms with Crippen molar-refractivity contribution in [2.75, 3.05) is 0 Å². The molecular weight excluding hydrogens is 360 g/mol. The molecule has 0 aliphatic heterocycles. The molecule has 0 N–H and O–H groups in total. The average Bonchev–Trinajstić information content (AvgIpc) is 2.91. The molecule has 0 fully saturated rings. The van der Waals surface area contributed by atoms with E-state index in [1.54, 1.807) is 11.3 Å². The van der Waals surface area contributed by atoms with Gasteiger partial charge < -0.3 is 4.74 Å². The smallest absolute Gasteiger partial charge is 0.310 e. The van der Waals surface area contributed by atoms with Gasteiger partial charge in [0.25, 0.3) is 0 Å². The van der Waals surface area contributed by atoms with Crippen molar-refractivity contribution in [3.63, 3.8) is 0 Å². The highest BCUT2D eigenvalue weighted by molar-refractivity contribution is 9.10. The number of ether oxygens (including phenoxy) is 1. The summed E-state index contributed by atoms with van der Waals surface area (Å²) in [4.78, 5) is 13.7. The SMILES string of the molecule is CC(C)(C)OC(=O)[C@@H](Cc1ccc(Br)cc1)Cc1cccs1. The molecule has 0 amide bonds. The lowest BCUT2D eigenvalue weighted by molar-refractivity contribution is -0.159. The molecule has 0 saturated heterocycles. The second-order valence-corrected chi connectivity index (χ2v) is 8.29. The van der Waals surface area contributed by atoms with Crippen LogP contribution >= 0.6 is 27.3 Å². The van der Waals surface area contributed by atoms with Crippen LogP contribution in [0.2, 0.25) is 0 Å². The standard InChI is InChI=1S/C18H21BrO2S/c1-18(2,3)21-17(20)14(12-16-5-4-10-22-16)11-13-6-8-15(19)9-7-13/h4-10,14H,11-12H2,1-3H3/t14-/m0/s1. The Labute approximate surface area is 144 Å². The maximum absolute atomic E-state index is 12.5. The van der Waals surface area contributed by atoms with Gasteiger partial charge in [0.1, 0.15) is 5.60 Å². The molecule has 4 heteroatoms. The van der Waals surface area contributed by atoms with Gasteiger partial charge in [0.2, 0.25) is 0 Å². The van der Waals surface area contributed by atoms with E-state index in [0.717, 1.165) is 16.5 Å². The molecule has 1 atom stereocenters. The number of hydrogen-bond donors (Lipinski definition) is 0. The number of halogens is 1. The van der Waals surface area contributed by atoms with Gasteiger partial charge in [0, 0.05) is 9.35 Å². The van der Waals surface area contributed by atoms with Crippen LogP contribution in [-0.2, 0) is 22.4 Å². The molecule has 2 rings (SSSR count). The van der Waals surface area contributed by atoms with E-state index in [1.807, 2.05) is 44.4 Å². The minimum Gasteiger partial charge on any atom is -0.460 e. The molecule has 0 unspecified atom stereocenters. The molecular formula is C18H21BrO2S. The second kappa shape index (κ2) is 7.42. The Kier molecular flexibility index (Phi) is 5.81. The number of rotatable bonds is 5. The van der Waals surface area contributed by atoms with Gasteiger partial charge in [-0.3, -0.25) is 4.79 Å². The third kappa shape index (κ3) is 5.58. The molecule has 0 saturated carbocycles. The number of esters is 1. The predicted octanol–water partition coefficient (Wildman–Crippen LogP) is 5.25. The first-order valence-electron chi connectivity index (χ1n) is 7.33. The van der Waals surface area contributed by atoms with E-state index in [4.69, 9.17) is 4.74 Å². The van der Waals surface area contributed by atoms with Gasteiger partial charge in [0.15, 0.2) is 0 Å². The van der Waals surface area contributed by atoms with Crippen LogP contribution in [0.15, 0.2) is 46.3 Å². The van der Waals surface area contributed by atoms with E-state index in [-0.39, 0.29) is 11.9 Å². The van der Waals surface area contributed by atoms with Crippen LogP contribution in [0.4, 0.5) is 0 Å². The first-order chi connectivity index (χ1) is 10.3. The normalized spacial score (nSPS) is 12.9. The third-order valence-corrected chi connectivity index (χ3v) is 4.59. The lowest BCUT2D eigenvalue weighted by Crippen LogP contribution is -2.30. The van der Waals surface area contributed by atoms with Gasteiger partial charge in [0.05, 0.1) is 5.92 Å². The van der Waals surface area contributed by atoms with Crippen LogP contribution in [0.25, 0.3) is 0 Å². The van der Waals surface area contributed by atoms with Crippen molar-refractivity contribution in [2.45, 2.75) is 39.2 Å². The monoisotopic (exact) mass is 380 g/mol. The zero-order valence-corrected chi connectivity index (χ0v) is 15.5. The Morgan fingerprint density at radius 1 is 1.18 bits per heavy atom. The highest BCUT2D eigenvalue weighted by Gasteiger charge is 2.26. The summed E-state index contributed by atoms with van der Waals surface area (Å²) in [5.74, 6) is -0.275. The number of benzene rings is 1. The van der Waals surface area contributed by atoms with Crippen LogP contribution in [0.5, 0.6) is 0 Å².